The van der Waals surface area contributed by atoms with Crippen molar-refractivity contribution in [2.75, 3.05) is 0 Å². The fraction of sp³-hybridized carbons (Fsp3) is 0.412. The maximum Gasteiger partial charge on any atom is 0.234 e. The van der Waals surface area contributed by atoms with E-state index in [0.717, 1.165) is 18.4 Å². The van der Waals surface area contributed by atoms with Gasteiger partial charge in [-0.3, -0.25) is 14.5 Å². The molecule has 108 valence electrons. The Morgan fingerprint density at radius 1 is 1.00 bits per heavy atom. The van der Waals surface area contributed by atoms with Crippen molar-refractivity contribution in [1.29, 1.82) is 0 Å². The highest BCUT2D eigenvalue weighted by Gasteiger charge is 2.56. The molecule has 4 heteroatoms. The van der Waals surface area contributed by atoms with Crippen LogP contribution in [-0.2, 0) is 16.1 Å². The van der Waals surface area contributed by atoms with Gasteiger partial charge in [-0.1, -0.05) is 42.0 Å². The van der Waals surface area contributed by atoms with E-state index in [2.05, 4.69) is 12.2 Å². The first-order chi connectivity index (χ1) is 10.2. The van der Waals surface area contributed by atoms with Crippen LogP contribution in [-0.4, -0.2) is 16.7 Å². The monoisotopic (exact) mass is 301 g/mol. The highest BCUT2D eigenvalue weighted by Crippen LogP contribution is 2.49. The summed E-state index contributed by atoms with van der Waals surface area (Å²) in [5, 5.41) is 0.606. The van der Waals surface area contributed by atoms with E-state index >= 15 is 0 Å². The number of likely N-dealkylation sites (tertiary alicyclic amines) is 1. The topological polar surface area (TPSA) is 37.4 Å². The first-order valence-electron chi connectivity index (χ1n) is 7.44. The van der Waals surface area contributed by atoms with Gasteiger partial charge in [0.25, 0.3) is 0 Å². The lowest BCUT2D eigenvalue weighted by Gasteiger charge is -2.38. The molecule has 0 spiro atoms. The van der Waals surface area contributed by atoms with E-state index in [9.17, 15) is 9.59 Å². The Balaban J connectivity index is 1.65. The molecule has 3 nitrogen and oxygen atoms in total. The third-order valence-electron chi connectivity index (χ3n) is 5.14. The first-order valence-corrected chi connectivity index (χ1v) is 7.81. The summed E-state index contributed by atoms with van der Waals surface area (Å²) in [6, 6.07) is 7.39. The minimum absolute atomic E-state index is 0.0102. The van der Waals surface area contributed by atoms with E-state index in [0.29, 0.717) is 11.6 Å². The second-order valence-corrected chi connectivity index (χ2v) is 6.60. The number of halogens is 1. The molecule has 5 rings (SSSR count). The average Bonchev–Trinajstić information content (AvgIpc) is 2.78. The number of imide groups is 1. The third-order valence-corrected chi connectivity index (χ3v) is 5.51. The standard InChI is InChI=1S/C17H16ClNO2/c18-13-4-2-1-3-12(13)9-19-16(20)14-10-5-6-11(8-7-10)15(14)17(19)21/h1-6,10-11,14-15H,7-9H2/t10-,11-,14-,15-/m0/s1. The van der Waals surface area contributed by atoms with Crippen LogP contribution in [0.3, 0.4) is 0 Å². The molecule has 4 aliphatic rings. The number of carbonyl (C=O) groups is 2. The van der Waals surface area contributed by atoms with E-state index in [1.54, 1.807) is 6.07 Å². The second kappa shape index (κ2) is 4.70. The van der Waals surface area contributed by atoms with Crippen molar-refractivity contribution in [3.8, 4) is 0 Å². The zero-order valence-corrected chi connectivity index (χ0v) is 12.3. The Kier molecular flexibility index (Phi) is 2.93. The minimum Gasteiger partial charge on any atom is -0.278 e. The summed E-state index contributed by atoms with van der Waals surface area (Å²) in [7, 11) is 0. The Bertz CT molecular complexity index is 622. The van der Waals surface area contributed by atoms with Crippen molar-refractivity contribution >= 4 is 23.4 Å². The number of rotatable bonds is 2. The van der Waals surface area contributed by atoms with Crippen LogP contribution in [0.25, 0.3) is 0 Å². The predicted molar refractivity (Wildman–Crippen MR) is 79.3 cm³/mol. The zero-order valence-electron chi connectivity index (χ0n) is 11.5. The van der Waals surface area contributed by atoms with Gasteiger partial charge in [0.1, 0.15) is 0 Å². The molecule has 1 aromatic carbocycles. The molecule has 2 amide bonds. The van der Waals surface area contributed by atoms with Crippen molar-refractivity contribution in [2.45, 2.75) is 19.4 Å². The molecular formula is C17H16ClNO2. The van der Waals surface area contributed by atoms with E-state index in [1.165, 1.54) is 4.90 Å². The molecule has 0 N–H and O–H groups in total. The van der Waals surface area contributed by atoms with Gasteiger partial charge in [0, 0.05) is 5.02 Å². The first kappa shape index (κ1) is 13.1. The second-order valence-electron chi connectivity index (χ2n) is 6.20. The normalized spacial score (nSPS) is 33.7. The van der Waals surface area contributed by atoms with E-state index in [1.807, 2.05) is 18.2 Å². The van der Waals surface area contributed by atoms with Crippen LogP contribution in [0, 0.1) is 23.7 Å². The highest BCUT2D eigenvalue weighted by molar-refractivity contribution is 6.31. The fourth-order valence-electron chi connectivity index (χ4n) is 4.09. The predicted octanol–water partition coefficient (Wildman–Crippen LogP) is 3.04. The lowest BCUT2D eigenvalue weighted by atomic mass is 9.63. The van der Waals surface area contributed by atoms with Gasteiger partial charge in [0.05, 0.1) is 18.4 Å². The van der Waals surface area contributed by atoms with Crippen LogP contribution in [0.5, 0.6) is 0 Å². The van der Waals surface area contributed by atoms with Crippen LogP contribution in [0.4, 0.5) is 0 Å². The molecular weight excluding hydrogens is 286 g/mol. The average molecular weight is 302 g/mol. The summed E-state index contributed by atoms with van der Waals surface area (Å²) < 4.78 is 0. The minimum atomic E-state index is -0.135. The lowest BCUT2D eigenvalue weighted by Crippen LogP contribution is -2.38. The third kappa shape index (κ3) is 1.87. The summed E-state index contributed by atoms with van der Waals surface area (Å²) in [6.45, 7) is 0.295. The van der Waals surface area contributed by atoms with Gasteiger partial charge in [-0.25, -0.2) is 0 Å². The van der Waals surface area contributed by atoms with Crippen LogP contribution in [0.2, 0.25) is 5.02 Å². The summed E-state index contributed by atoms with van der Waals surface area (Å²) in [5.41, 5.74) is 0.833. The van der Waals surface area contributed by atoms with Crippen LogP contribution in [0.15, 0.2) is 36.4 Å². The summed E-state index contributed by atoms with van der Waals surface area (Å²) in [6.07, 6.45) is 6.33. The lowest BCUT2D eigenvalue weighted by molar-refractivity contribution is -0.140. The van der Waals surface area contributed by atoms with Gasteiger partial charge in [-0.05, 0) is 36.3 Å². The molecule has 2 fully saturated rings. The number of hydrogen-bond acceptors (Lipinski definition) is 2. The van der Waals surface area contributed by atoms with Crippen molar-refractivity contribution in [2.24, 2.45) is 23.7 Å². The summed E-state index contributed by atoms with van der Waals surface area (Å²) in [5.74, 6) is 0.195. The number of amides is 2. The van der Waals surface area contributed by atoms with Gasteiger partial charge >= 0.3 is 0 Å². The Morgan fingerprint density at radius 2 is 1.57 bits per heavy atom. The molecule has 1 aliphatic heterocycles. The van der Waals surface area contributed by atoms with Gasteiger partial charge in [-0.15, -0.1) is 0 Å². The van der Waals surface area contributed by atoms with Gasteiger partial charge in [0.2, 0.25) is 11.8 Å². The molecule has 1 aromatic rings. The molecule has 1 saturated heterocycles. The molecule has 1 heterocycles. The van der Waals surface area contributed by atoms with Crippen LogP contribution < -0.4 is 0 Å². The van der Waals surface area contributed by atoms with E-state index in [-0.39, 0.29) is 35.5 Å². The Labute approximate surface area is 128 Å². The molecule has 21 heavy (non-hydrogen) atoms. The molecule has 1 saturated carbocycles. The van der Waals surface area contributed by atoms with Crippen molar-refractivity contribution in [3.63, 3.8) is 0 Å². The van der Waals surface area contributed by atoms with Crippen molar-refractivity contribution in [1.82, 2.24) is 4.90 Å². The number of hydrogen-bond donors (Lipinski definition) is 0. The Hall–Kier alpha value is -1.61. The van der Waals surface area contributed by atoms with E-state index < -0.39 is 0 Å². The maximum atomic E-state index is 12.7. The quantitative estimate of drug-likeness (QED) is 0.622. The molecule has 2 bridgehead atoms. The highest BCUT2D eigenvalue weighted by atomic mass is 35.5. The summed E-state index contributed by atoms with van der Waals surface area (Å²) in [4.78, 5) is 26.8. The number of allylic oxidation sites excluding steroid dienone is 2. The molecule has 0 aromatic heterocycles. The van der Waals surface area contributed by atoms with E-state index in [4.69, 9.17) is 11.6 Å². The smallest absolute Gasteiger partial charge is 0.234 e. The summed E-state index contributed by atoms with van der Waals surface area (Å²) >= 11 is 6.16. The zero-order chi connectivity index (χ0) is 14.6. The Morgan fingerprint density at radius 3 is 2.10 bits per heavy atom. The number of fused-ring (bicyclic) bond motifs is 1. The molecule has 3 aliphatic carbocycles. The molecule has 0 unspecified atom stereocenters. The number of benzene rings is 1. The SMILES string of the molecule is O=C1[C@@H]2[C@@H](C(=O)N1Cc1ccccc1Cl)[C@H]1C=C[C@H]2CC1. The maximum absolute atomic E-state index is 12.7. The number of nitrogens with zero attached hydrogens (tertiary/aromatic N) is 1. The van der Waals surface area contributed by atoms with Crippen LogP contribution in [0.1, 0.15) is 18.4 Å². The van der Waals surface area contributed by atoms with Crippen LogP contribution >= 0.6 is 11.6 Å². The van der Waals surface area contributed by atoms with Gasteiger partial charge < -0.3 is 0 Å². The van der Waals surface area contributed by atoms with Gasteiger partial charge in [0.15, 0.2) is 0 Å². The number of carbonyl (C=O) groups excluding carboxylic acids is 2. The van der Waals surface area contributed by atoms with Gasteiger partial charge in [-0.2, -0.15) is 0 Å². The van der Waals surface area contributed by atoms with Crippen molar-refractivity contribution in [3.05, 3.63) is 47.0 Å². The molecule has 4 atom stereocenters. The fourth-order valence-corrected chi connectivity index (χ4v) is 4.28. The molecule has 0 radical (unpaired) electrons. The van der Waals surface area contributed by atoms with Crippen molar-refractivity contribution < 1.29 is 9.59 Å². The largest absolute Gasteiger partial charge is 0.278 e.